The number of rotatable bonds is 5. The summed E-state index contributed by atoms with van der Waals surface area (Å²) >= 11 is 7.45. The molecule has 0 bridgehead atoms. The molecule has 1 heterocycles. The van der Waals surface area contributed by atoms with E-state index in [0.717, 1.165) is 17.0 Å². The predicted molar refractivity (Wildman–Crippen MR) is 89.9 cm³/mol. The summed E-state index contributed by atoms with van der Waals surface area (Å²) in [6, 6.07) is 4.65. The van der Waals surface area contributed by atoms with Crippen molar-refractivity contribution in [2.45, 2.75) is 26.4 Å². The average molecular weight is 341 g/mol. The van der Waals surface area contributed by atoms with Crippen LogP contribution in [0.15, 0.2) is 29.4 Å². The molecule has 0 fully saturated rings. The lowest BCUT2D eigenvalue weighted by Crippen LogP contribution is -2.36. The maximum Gasteiger partial charge on any atom is 0.191 e. The number of halogens is 2. The van der Waals surface area contributed by atoms with Crippen LogP contribution in [0, 0.1) is 5.82 Å². The standard InChI is InChI=1S/C15H18ClFN4S/c1-3-11-8-19-14(22-11)9-21-15(18-2)20-7-10-4-5-13(17)12(16)6-10/h4-6,8H,3,7,9H2,1-2H3,(H2,18,20,21). The minimum absolute atomic E-state index is 0.122. The van der Waals surface area contributed by atoms with Gasteiger partial charge in [-0.2, -0.15) is 0 Å². The van der Waals surface area contributed by atoms with E-state index in [9.17, 15) is 4.39 Å². The zero-order valence-corrected chi connectivity index (χ0v) is 14.1. The van der Waals surface area contributed by atoms with Crippen LogP contribution in [0.2, 0.25) is 5.02 Å². The van der Waals surface area contributed by atoms with Crippen molar-refractivity contribution in [3.8, 4) is 0 Å². The molecule has 2 aromatic rings. The third kappa shape index (κ3) is 4.68. The van der Waals surface area contributed by atoms with Crippen molar-refractivity contribution in [1.82, 2.24) is 15.6 Å². The smallest absolute Gasteiger partial charge is 0.191 e. The van der Waals surface area contributed by atoms with Crippen molar-refractivity contribution in [3.63, 3.8) is 0 Å². The summed E-state index contributed by atoms with van der Waals surface area (Å²) in [4.78, 5) is 9.76. The van der Waals surface area contributed by atoms with Gasteiger partial charge < -0.3 is 10.6 Å². The number of guanidine groups is 1. The molecule has 7 heteroatoms. The van der Waals surface area contributed by atoms with E-state index in [0.29, 0.717) is 19.0 Å². The highest BCUT2D eigenvalue weighted by atomic mass is 35.5. The number of hydrogen-bond acceptors (Lipinski definition) is 3. The first-order chi connectivity index (χ1) is 10.6. The van der Waals surface area contributed by atoms with Gasteiger partial charge in [0.2, 0.25) is 0 Å². The summed E-state index contributed by atoms with van der Waals surface area (Å²) in [5, 5.41) is 7.50. The Hall–Kier alpha value is -1.66. The van der Waals surface area contributed by atoms with E-state index in [1.807, 2.05) is 6.20 Å². The maximum atomic E-state index is 13.1. The molecule has 22 heavy (non-hydrogen) atoms. The van der Waals surface area contributed by atoms with Crippen LogP contribution in [0.5, 0.6) is 0 Å². The molecule has 0 unspecified atom stereocenters. The van der Waals surface area contributed by atoms with Gasteiger partial charge in [-0.15, -0.1) is 11.3 Å². The van der Waals surface area contributed by atoms with Gasteiger partial charge in [-0.1, -0.05) is 24.6 Å². The van der Waals surface area contributed by atoms with Gasteiger partial charge in [0.05, 0.1) is 11.6 Å². The van der Waals surface area contributed by atoms with E-state index in [1.165, 1.54) is 10.9 Å². The topological polar surface area (TPSA) is 49.3 Å². The van der Waals surface area contributed by atoms with Crippen LogP contribution in [0.25, 0.3) is 0 Å². The summed E-state index contributed by atoms with van der Waals surface area (Å²) in [5.41, 5.74) is 0.886. The summed E-state index contributed by atoms with van der Waals surface area (Å²) in [7, 11) is 1.70. The summed E-state index contributed by atoms with van der Waals surface area (Å²) in [6.45, 7) is 3.24. The molecular weight excluding hydrogens is 323 g/mol. The van der Waals surface area contributed by atoms with Crippen molar-refractivity contribution in [3.05, 3.63) is 50.7 Å². The molecule has 0 amide bonds. The Morgan fingerprint density at radius 1 is 1.36 bits per heavy atom. The molecule has 0 aliphatic rings. The first-order valence-corrected chi connectivity index (χ1v) is 8.13. The van der Waals surface area contributed by atoms with Crippen LogP contribution in [-0.2, 0) is 19.5 Å². The summed E-state index contributed by atoms with van der Waals surface area (Å²) in [6.07, 6.45) is 2.90. The molecule has 0 aliphatic heterocycles. The molecule has 1 aromatic heterocycles. The SMILES string of the molecule is CCc1cnc(CNC(=NC)NCc2ccc(F)c(Cl)c2)s1. The van der Waals surface area contributed by atoms with E-state index < -0.39 is 5.82 Å². The Labute approximate surface area is 138 Å². The molecule has 2 rings (SSSR count). The number of hydrogen-bond donors (Lipinski definition) is 2. The highest BCUT2D eigenvalue weighted by Crippen LogP contribution is 2.16. The van der Waals surface area contributed by atoms with Gasteiger partial charge >= 0.3 is 0 Å². The number of nitrogens with zero attached hydrogens (tertiary/aromatic N) is 2. The predicted octanol–water partition coefficient (Wildman–Crippen LogP) is 3.36. The van der Waals surface area contributed by atoms with Crippen LogP contribution in [-0.4, -0.2) is 18.0 Å². The Balaban J connectivity index is 1.85. The summed E-state index contributed by atoms with van der Waals surface area (Å²) < 4.78 is 13.1. The fourth-order valence-electron chi connectivity index (χ4n) is 1.81. The number of aliphatic imine (C=N–C) groups is 1. The number of aromatic nitrogens is 1. The van der Waals surface area contributed by atoms with Crippen molar-refractivity contribution in [2.24, 2.45) is 4.99 Å². The Morgan fingerprint density at radius 3 is 2.77 bits per heavy atom. The molecule has 0 atom stereocenters. The van der Waals surface area contributed by atoms with Gasteiger partial charge in [0, 0.05) is 24.7 Å². The van der Waals surface area contributed by atoms with Crippen molar-refractivity contribution in [2.75, 3.05) is 7.05 Å². The first kappa shape index (κ1) is 16.7. The highest BCUT2D eigenvalue weighted by Gasteiger charge is 2.04. The fraction of sp³-hybridized carbons (Fsp3) is 0.333. The third-order valence-corrected chi connectivity index (χ3v) is 4.46. The van der Waals surface area contributed by atoms with E-state index in [-0.39, 0.29) is 5.02 Å². The van der Waals surface area contributed by atoms with Gasteiger partial charge in [0.1, 0.15) is 10.8 Å². The zero-order chi connectivity index (χ0) is 15.9. The quantitative estimate of drug-likeness (QED) is 0.648. The van der Waals surface area contributed by atoms with E-state index in [4.69, 9.17) is 11.6 Å². The number of nitrogens with one attached hydrogen (secondary N) is 2. The monoisotopic (exact) mass is 340 g/mol. The molecule has 4 nitrogen and oxygen atoms in total. The number of thiazole rings is 1. The van der Waals surface area contributed by atoms with E-state index in [2.05, 4.69) is 27.5 Å². The first-order valence-electron chi connectivity index (χ1n) is 6.94. The van der Waals surface area contributed by atoms with Crippen LogP contribution < -0.4 is 10.6 Å². The van der Waals surface area contributed by atoms with E-state index in [1.54, 1.807) is 30.5 Å². The van der Waals surface area contributed by atoms with Crippen LogP contribution >= 0.6 is 22.9 Å². The fourth-order valence-corrected chi connectivity index (χ4v) is 2.81. The average Bonchev–Trinajstić information content (AvgIpc) is 2.99. The van der Waals surface area contributed by atoms with Gasteiger partial charge in [0.25, 0.3) is 0 Å². The number of aryl methyl sites for hydroxylation is 1. The largest absolute Gasteiger partial charge is 0.352 e. The molecule has 0 spiro atoms. The third-order valence-electron chi connectivity index (χ3n) is 3.02. The van der Waals surface area contributed by atoms with Crippen molar-refractivity contribution in [1.29, 1.82) is 0 Å². The molecule has 0 aliphatic carbocycles. The lowest BCUT2D eigenvalue weighted by Gasteiger charge is -2.11. The molecule has 1 aromatic carbocycles. The van der Waals surface area contributed by atoms with Crippen LogP contribution in [0.4, 0.5) is 4.39 Å². The number of benzene rings is 1. The van der Waals surface area contributed by atoms with Gasteiger partial charge in [-0.3, -0.25) is 4.99 Å². The molecular formula is C15H18ClFN4S. The maximum absolute atomic E-state index is 13.1. The van der Waals surface area contributed by atoms with Crippen molar-refractivity contribution >= 4 is 28.9 Å². The minimum atomic E-state index is -0.413. The van der Waals surface area contributed by atoms with Gasteiger partial charge in [-0.25, -0.2) is 9.37 Å². The Kier molecular flexibility index (Phi) is 6.15. The van der Waals surface area contributed by atoms with E-state index >= 15 is 0 Å². The van der Waals surface area contributed by atoms with Gasteiger partial charge in [0.15, 0.2) is 5.96 Å². The zero-order valence-electron chi connectivity index (χ0n) is 12.5. The summed E-state index contributed by atoms with van der Waals surface area (Å²) in [5.74, 6) is 0.247. The molecule has 2 N–H and O–H groups in total. The second kappa shape index (κ2) is 8.10. The second-order valence-corrected chi connectivity index (χ2v) is 6.21. The lowest BCUT2D eigenvalue weighted by molar-refractivity contribution is 0.627. The van der Waals surface area contributed by atoms with Crippen LogP contribution in [0.1, 0.15) is 22.4 Å². The lowest BCUT2D eigenvalue weighted by atomic mass is 10.2. The second-order valence-electron chi connectivity index (χ2n) is 4.60. The molecule has 118 valence electrons. The Bertz CT molecular complexity index is 657. The van der Waals surface area contributed by atoms with Crippen LogP contribution in [0.3, 0.4) is 0 Å². The molecule has 0 radical (unpaired) electrons. The van der Waals surface area contributed by atoms with Crippen molar-refractivity contribution < 1.29 is 4.39 Å². The highest BCUT2D eigenvalue weighted by molar-refractivity contribution is 7.11. The minimum Gasteiger partial charge on any atom is -0.352 e. The molecule has 0 saturated heterocycles. The molecule has 0 saturated carbocycles. The van der Waals surface area contributed by atoms with Gasteiger partial charge in [-0.05, 0) is 24.1 Å². The Morgan fingerprint density at radius 2 is 2.14 bits per heavy atom. The normalized spacial score (nSPS) is 11.5.